The van der Waals surface area contributed by atoms with Gasteiger partial charge in [-0.15, -0.1) is 0 Å². The molecule has 0 saturated heterocycles. The van der Waals surface area contributed by atoms with Gasteiger partial charge in [0.15, 0.2) is 5.96 Å². The smallest absolute Gasteiger partial charge is 0.189 e. The summed E-state index contributed by atoms with van der Waals surface area (Å²) >= 11 is 0. The van der Waals surface area contributed by atoms with E-state index in [0.29, 0.717) is 18.5 Å². The van der Waals surface area contributed by atoms with Crippen LogP contribution in [0.3, 0.4) is 0 Å². The number of hydrogen-bond acceptors (Lipinski definition) is 2. The molecule has 2 aromatic rings. The van der Waals surface area contributed by atoms with Crippen molar-refractivity contribution in [3.63, 3.8) is 0 Å². The molecule has 90 valence electrons. The van der Waals surface area contributed by atoms with Gasteiger partial charge in [0.2, 0.25) is 0 Å². The molecule has 2 rings (SSSR count). The summed E-state index contributed by atoms with van der Waals surface area (Å²) in [7, 11) is 0. The van der Waals surface area contributed by atoms with Crippen LogP contribution in [0.15, 0.2) is 39.9 Å². The lowest BCUT2D eigenvalue weighted by atomic mass is 10.2. The van der Waals surface area contributed by atoms with E-state index in [1.807, 2.05) is 38.1 Å². The summed E-state index contributed by atoms with van der Waals surface area (Å²) in [6, 6.07) is 8.20. The van der Waals surface area contributed by atoms with Crippen LogP contribution in [0.1, 0.15) is 19.4 Å². The highest BCUT2D eigenvalue weighted by molar-refractivity contribution is 5.82. The van der Waals surface area contributed by atoms with Crippen LogP contribution in [0.4, 0.5) is 0 Å². The average Bonchev–Trinajstić information content (AvgIpc) is 2.69. The second-order valence-electron chi connectivity index (χ2n) is 4.26. The number of nitrogens with one attached hydrogen (secondary N) is 1. The maximum atomic E-state index is 5.74. The molecule has 1 aromatic heterocycles. The van der Waals surface area contributed by atoms with Crippen LogP contribution in [0, 0.1) is 0 Å². The summed E-state index contributed by atoms with van der Waals surface area (Å²) in [4.78, 5) is 4.28. The lowest BCUT2D eigenvalue weighted by Gasteiger charge is -2.07. The van der Waals surface area contributed by atoms with E-state index in [9.17, 15) is 0 Å². The summed E-state index contributed by atoms with van der Waals surface area (Å²) < 4.78 is 5.43. The Hall–Kier alpha value is -1.97. The van der Waals surface area contributed by atoms with Crippen molar-refractivity contribution in [1.82, 2.24) is 5.32 Å². The molecular formula is C13H17N3O. The molecule has 1 aromatic carbocycles. The third-order valence-electron chi connectivity index (χ3n) is 2.42. The van der Waals surface area contributed by atoms with Gasteiger partial charge in [-0.05, 0) is 19.9 Å². The number of benzene rings is 1. The number of aliphatic imine (C=N–C) groups is 1. The SMILES string of the molecule is CC(C)NC(N)=NCc1coc2ccccc12. The van der Waals surface area contributed by atoms with Gasteiger partial charge in [-0.2, -0.15) is 0 Å². The highest BCUT2D eigenvalue weighted by atomic mass is 16.3. The van der Waals surface area contributed by atoms with E-state index in [2.05, 4.69) is 10.3 Å². The van der Waals surface area contributed by atoms with E-state index in [0.717, 1.165) is 16.5 Å². The predicted octanol–water partition coefficient (Wildman–Crippen LogP) is 2.25. The molecule has 0 aliphatic heterocycles. The summed E-state index contributed by atoms with van der Waals surface area (Å²) in [6.45, 7) is 4.58. The van der Waals surface area contributed by atoms with Gasteiger partial charge in [0.1, 0.15) is 5.58 Å². The zero-order valence-corrected chi connectivity index (χ0v) is 10.1. The molecule has 4 nitrogen and oxygen atoms in total. The Bertz CT molecular complexity index is 528. The molecule has 0 bridgehead atoms. The van der Waals surface area contributed by atoms with Gasteiger partial charge in [-0.3, -0.25) is 0 Å². The molecule has 3 N–H and O–H groups in total. The quantitative estimate of drug-likeness (QED) is 0.629. The Labute approximate surface area is 101 Å². The summed E-state index contributed by atoms with van der Waals surface area (Å²) in [5.41, 5.74) is 7.68. The molecule has 0 aliphatic carbocycles. The predicted molar refractivity (Wildman–Crippen MR) is 69.8 cm³/mol. The molecular weight excluding hydrogens is 214 g/mol. The largest absolute Gasteiger partial charge is 0.464 e. The molecule has 0 aliphatic rings. The van der Waals surface area contributed by atoms with Crippen molar-refractivity contribution >= 4 is 16.9 Å². The minimum Gasteiger partial charge on any atom is -0.464 e. The second-order valence-corrected chi connectivity index (χ2v) is 4.26. The van der Waals surface area contributed by atoms with Crippen molar-refractivity contribution < 1.29 is 4.42 Å². The minimum atomic E-state index is 0.292. The fourth-order valence-corrected chi connectivity index (χ4v) is 1.67. The number of rotatable bonds is 3. The third-order valence-corrected chi connectivity index (χ3v) is 2.42. The van der Waals surface area contributed by atoms with Crippen LogP contribution in [-0.4, -0.2) is 12.0 Å². The molecule has 0 spiro atoms. The highest BCUT2D eigenvalue weighted by Gasteiger charge is 2.04. The van der Waals surface area contributed by atoms with Crippen molar-refractivity contribution in [3.8, 4) is 0 Å². The van der Waals surface area contributed by atoms with Crippen LogP contribution in [0.5, 0.6) is 0 Å². The molecule has 0 radical (unpaired) electrons. The van der Waals surface area contributed by atoms with Gasteiger partial charge in [0, 0.05) is 17.0 Å². The highest BCUT2D eigenvalue weighted by Crippen LogP contribution is 2.21. The summed E-state index contributed by atoms with van der Waals surface area (Å²) in [6.07, 6.45) is 1.73. The Balaban J connectivity index is 2.14. The van der Waals surface area contributed by atoms with Gasteiger partial charge < -0.3 is 15.5 Å². The molecule has 0 amide bonds. The van der Waals surface area contributed by atoms with Crippen molar-refractivity contribution in [2.45, 2.75) is 26.4 Å². The Morgan fingerprint density at radius 1 is 1.41 bits per heavy atom. The van der Waals surface area contributed by atoms with Crippen LogP contribution < -0.4 is 11.1 Å². The van der Waals surface area contributed by atoms with E-state index in [4.69, 9.17) is 10.2 Å². The maximum Gasteiger partial charge on any atom is 0.189 e. The van der Waals surface area contributed by atoms with Gasteiger partial charge in [0.25, 0.3) is 0 Å². The first-order valence-electron chi connectivity index (χ1n) is 5.68. The lowest BCUT2D eigenvalue weighted by molar-refractivity contribution is 0.610. The first kappa shape index (κ1) is 11.5. The Morgan fingerprint density at radius 3 is 2.94 bits per heavy atom. The lowest BCUT2D eigenvalue weighted by Crippen LogP contribution is -2.36. The van der Waals surface area contributed by atoms with Crippen LogP contribution in [-0.2, 0) is 6.54 Å². The number of furan rings is 1. The second kappa shape index (κ2) is 4.91. The molecule has 0 unspecified atom stereocenters. The standard InChI is InChI=1S/C13H17N3O/c1-9(2)16-13(14)15-7-10-8-17-12-6-4-3-5-11(10)12/h3-6,8-9H,7H2,1-2H3,(H3,14,15,16). The van der Waals surface area contributed by atoms with E-state index in [1.54, 1.807) is 6.26 Å². The van der Waals surface area contributed by atoms with Crippen molar-refractivity contribution in [1.29, 1.82) is 0 Å². The van der Waals surface area contributed by atoms with E-state index >= 15 is 0 Å². The van der Waals surface area contributed by atoms with Crippen LogP contribution in [0.2, 0.25) is 0 Å². The number of para-hydroxylation sites is 1. The zero-order chi connectivity index (χ0) is 12.3. The summed E-state index contributed by atoms with van der Waals surface area (Å²) in [5.74, 6) is 0.463. The molecule has 17 heavy (non-hydrogen) atoms. The third kappa shape index (κ3) is 2.78. The van der Waals surface area contributed by atoms with E-state index in [1.165, 1.54) is 0 Å². The first-order valence-corrected chi connectivity index (χ1v) is 5.68. The van der Waals surface area contributed by atoms with Crippen molar-refractivity contribution in [2.75, 3.05) is 0 Å². The average molecular weight is 231 g/mol. The number of fused-ring (bicyclic) bond motifs is 1. The van der Waals surface area contributed by atoms with Gasteiger partial charge in [-0.25, -0.2) is 4.99 Å². The van der Waals surface area contributed by atoms with Gasteiger partial charge in [0.05, 0.1) is 12.8 Å². The Kier molecular flexibility index (Phi) is 3.32. The first-order chi connectivity index (χ1) is 8.16. The van der Waals surface area contributed by atoms with Crippen LogP contribution in [0.25, 0.3) is 11.0 Å². The monoisotopic (exact) mass is 231 g/mol. The molecule has 0 atom stereocenters. The van der Waals surface area contributed by atoms with Crippen LogP contribution >= 0.6 is 0 Å². The molecule has 0 fully saturated rings. The minimum absolute atomic E-state index is 0.292. The normalized spacial score (nSPS) is 12.3. The number of guanidine groups is 1. The zero-order valence-electron chi connectivity index (χ0n) is 10.1. The molecule has 0 saturated carbocycles. The summed E-state index contributed by atoms with van der Waals surface area (Å²) in [5, 5.41) is 4.14. The van der Waals surface area contributed by atoms with Crippen molar-refractivity contribution in [3.05, 3.63) is 36.1 Å². The topological polar surface area (TPSA) is 63.5 Å². The number of nitrogens with zero attached hydrogens (tertiary/aromatic N) is 1. The van der Waals surface area contributed by atoms with Crippen molar-refractivity contribution in [2.24, 2.45) is 10.7 Å². The fourth-order valence-electron chi connectivity index (χ4n) is 1.67. The number of hydrogen-bond donors (Lipinski definition) is 2. The maximum absolute atomic E-state index is 5.74. The fraction of sp³-hybridized carbons (Fsp3) is 0.308. The molecule has 1 heterocycles. The Morgan fingerprint density at radius 2 is 2.18 bits per heavy atom. The van der Waals surface area contributed by atoms with E-state index in [-0.39, 0.29) is 0 Å². The van der Waals surface area contributed by atoms with E-state index < -0.39 is 0 Å². The van der Waals surface area contributed by atoms with Gasteiger partial charge in [-0.1, -0.05) is 18.2 Å². The van der Waals surface area contributed by atoms with Gasteiger partial charge >= 0.3 is 0 Å². The molecule has 4 heteroatoms. The number of nitrogens with two attached hydrogens (primary N) is 1.